The van der Waals surface area contributed by atoms with Crippen molar-refractivity contribution in [3.05, 3.63) is 69.5 Å². The average Bonchev–Trinajstić information content (AvgIpc) is 2.55. The van der Waals surface area contributed by atoms with Gasteiger partial charge in [0.05, 0.1) is 7.11 Å². The fourth-order valence-electron chi connectivity index (χ4n) is 2.13. The molecule has 0 bridgehead atoms. The molecule has 0 radical (unpaired) electrons. The predicted molar refractivity (Wildman–Crippen MR) is 88.4 cm³/mol. The van der Waals surface area contributed by atoms with Gasteiger partial charge in [0.2, 0.25) is 0 Å². The Hall–Kier alpha value is -2.79. The van der Waals surface area contributed by atoms with Gasteiger partial charge in [-0.15, -0.1) is 0 Å². The molecular weight excluding hydrogens is 318 g/mol. The van der Waals surface area contributed by atoms with Gasteiger partial charge in [0, 0.05) is 16.1 Å². The first-order valence-corrected chi connectivity index (χ1v) is 7.13. The monoisotopic (exact) mass is 329 g/mol. The second kappa shape index (κ2) is 6.14. The zero-order valence-corrected chi connectivity index (χ0v) is 12.9. The summed E-state index contributed by atoms with van der Waals surface area (Å²) in [6.45, 7) is 0. The number of rotatable bonds is 3. The van der Waals surface area contributed by atoms with Crippen LogP contribution in [-0.4, -0.2) is 13.0 Å². The third-order valence-electron chi connectivity index (χ3n) is 3.29. The molecule has 0 aliphatic heterocycles. The highest BCUT2D eigenvalue weighted by Crippen LogP contribution is 2.20. The van der Waals surface area contributed by atoms with E-state index < -0.39 is 11.5 Å². The highest BCUT2D eigenvalue weighted by Gasteiger charge is 2.14. The fraction of sp³-hybridized carbons (Fsp3) is 0.0588. The van der Waals surface area contributed by atoms with Crippen LogP contribution in [-0.2, 0) is 0 Å². The maximum atomic E-state index is 12.3. The number of nitrogens with one attached hydrogen (secondary N) is 1. The first-order valence-electron chi connectivity index (χ1n) is 6.75. The van der Waals surface area contributed by atoms with Crippen LogP contribution >= 0.6 is 11.6 Å². The highest BCUT2D eigenvalue weighted by molar-refractivity contribution is 6.31. The van der Waals surface area contributed by atoms with Gasteiger partial charge >= 0.3 is 5.63 Å². The number of hydrogen-bond acceptors (Lipinski definition) is 4. The van der Waals surface area contributed by atoms with Gasteiger partial charge < -0.3 is 14.5 Å². The summed E-state index contributed by atoms with van der Waals surface area (Å²) in [7, 11) is 1.55. The molecule has 0 spiro atoms. The van der Waals surface area contributed by atoms with Gasteiger partial charge in [0.1, 0.15) is 16.9 Å². The predicted octanol–water partition coefficient (Wildman–Crippen LogP) is 3.71. The van der Waals surface area contributed by atoms with Gasteiger partial charge in [0.15, 0.2) is 0 Å². The molecule has 1 N–H and O–H groups in total. The van der Waals surface area contributed by atoms with Crippen molar-refractivity contribution in [3.63, 3.8) is 0 Å². The van der Waals surface area contributed by atoms with Crippen LogP contribution in [0.15, 0.2) is 57.7 Å². The van der Waals surface area contributed by atoms with Gasteiger partial charge in [-0.2, -0.15) is 0 Å². The Balaban J connectivity index is 1.93. The number of amides is 1. The van der Waals surface area contributed by atoms with Crippen LogP contribution < -0.4 is 15.7 Å². The number of methoxy groups -OCH3 is 1. The van der Waals surface area contributed by atoms with Crippen molar-refractivity contribution in [3.8, 4) is 5.75 Å². The number of benzene rings is 2. The number of hydrogen-bond donors (Lipinski definition) is 1. The van der Waals surface area contributed by atoms with Crippen molar-refractivity contribution in [2.75, 3.05) is 12.4 Å². The van der Waals surface area contributed by atoms with Crippen LogP contribution in [0.1, 0.15) is 10.4 Å². The summed E-state index contributed by atoms with van der Waals surface area (Å²) in [5, 5.41) is 3.72. The van der Waals surface area contributed by atoms with Gasteiger partial charge in [-0.05, 0) is 48.5 Å². The molecule has 6 heteroatoms. The van der Waals surface area contributed by atoms with E-state index in [0.29, 0.717) is 27.4 Å². The Kier molecular flexibility index (Phi) is 4.04. The van der Waals surface area contributed by atoms with Crippen LogP contribution in [0.2, 0.25) is 5.02 Å². The Morgan fingerprint density at radius 2 is 1.87 bits per heavy atom. The molecule has 0 unspecified atom stereocenters. The normalized spacial score (nSPS) is 10.5. The van der Waals surface area contributed by atoms with E-state index in [9.17, 15) is 9.59 Å². The van der Waals surface area contributed by atoms with Gasteiger partial charge in [-0.25, -0.2) is 4.79 Å². The lowest BCUT2D eigenvalue weighted by atomic mass is 10.1. The van der Waals surface area contributed by atoms with E-state index in [1.54, 1.807) is 49.6 Å². The van der Waals surface area contributed by atoms with E-state index >= 15 is 0 Å². The summed E-state index contributed by atoms with van der Waals surface area (Å²) in [4.78, 5) is 24.3. The van der Waals surface area contributed by atoms with E-state index in [2.05, 4.69) is 5.32 Å². The summed E-state index contributed by atoms with van der Waals surface area (Å²) in [6, 6.07) is 13.1. The van der Waals surface area contributed by atoms with E-state index in [1.165, 1.54) is 6.07 Å². The third-order valence-corrected chi connectivity index (χ3v) is 3.52. The number of carbonyl (C=O) groups excluding carboxylic acids is 1. The molecule has 116 valence electrons. The molecule has 3 aromatic rings. The maximum absolute atomic E-state index is 12.3. The Morgan fingerprint density at radius 1 is 1.13 bits per heavy atom. The number of fused-ring (bicyclic) bond motifs is 1. The quantitative estimate of drug-likeness (QED) is 0.744. The summed E-state index contributed by atoms with van der Waals surface area (Å²) in [5.74, 6) is 0.119. The smallest absolute Gasteiger partial charge is 0.349 e. The highest BCUT2D eigenvalue weighted by atomic mass is 35.5. The summed E-state index contributed by atoms with van der Waals surface area (Å²) in [5.41, 5.74) is 0.128. The van der Waals surface area contributed by atoms with Crippen molar-refractivity contribution >= 4 is 34.2 Å². The minimum absolute atomic E-state index is 0.0874. The lowest BCUT2D eigenvalue weighted by Crippen LogP contribution is -2.20. The second-order valence-corrected chi connectivity index (χ2v) is 5.25. The van der Waals surface area contributed by atoms with E-state index in [4.69, 9.17) is 20.8 Å². The third kappa shape index (κ3) is 3.19. The standard InChI is InChI=1S/C17H12ClNO4/c1-22-13-5-3-12(4-6-13)19-16(20)14-9-10-8-11(18)2-7-15(10)23-17(14)21/h2-9H,1H3,(H,19,20). The molecule has 0 aliphatic rings. The van der Waals surface area contributed by atoms with Crippen molar-refractivity contribution in [2.45, 2.75) is 0 Å². The molecule has 3 rings (SSSR count). The lowest BCUT2D eigenvalue weighted by molar-refractivity contribution is 0.102. The Morgan fingerprint density at radius 3 is 2.57 bits per heavy atom. The van der Waals surface area contributed by atoms with Crippen molar-refractivity contribution in [1.82, 2.24) is 0 Å². The van der Waals surface area contributed by atoms with Crippen LogP contribution in [0, 0.1) is 0 Å². The second-order valence-electron chi connectivity index (χ2n) is 4.81. The van der Waals surface area contributed by atoms with Crippen LogP contribution in [0.25, 0.3) is 11.0 Å². The van der Waals surface area contributed by atoms with Crippen molar-refractivity contribution < 1.29 is 13.9 Å². The number of anilines is 1. The summed E-state index contributed by atoms with van der Waals surface area (Å²) in [6.07, 6.45) is 0. The maximum Gasteiger partial charge on any atom is 0.349 e. The van der Waals surface area contributed by atoms with E-state index in [1.807, 2.05) is 0 Å². The average molecular weight is 330 g/mol. The molecule has 0 atom stereocenters. The molecular formula is C17H12ClNO4. The molecule has 2 aromatic carbocycles. The van der Waals surface area contributed by atoms with Crippen molar-refractivity contribution in [2.24, 2.45) is 0 Å². The van der Waals surface area contributed by atoms with Crippen LogP contribution in [0.4, 0.5) is 5.69 Å². The molecule has 5 nitrogen and oxygen atoms in total. The first kappa shape index (κ1) is 15.1. The lowest BCUT2D eigenvalue weighted by Gasteiger charge is -2.06. The Bertz CT molecular complexity index is 931. The van der Waals surface area contributed by atoms with Gasteiger partial charge in [-0.3, -0.25) is 4.79 Å². The SMILES string of the molecule is COc1ccc(NC(=O)c2cc3cc(Cl)ccc3oc2=O)cc1. The summed E-state index contributed by atoms with van der Waals surface area (Å²) < 4.78 is 10.2. The van der Waals surface area contributed by atoms with Gasteiger partial charge in [-0.1, -0.05) is 11.6 Å². The Labute approximate surface area is 136 Å². The fourth-order valence-corrected chi connectivity index (χ4v) is 2.31. The number of carbonyl (C=O) groups is 1. The van der Waals surface area contributed by atoms with E-state index in [0.717, 1.165) is 0 Å². The largest absolute Gasteiger partial charge is 0.497 e. The van der Waals surface area contributed by atoms with E-state index in [-0.39, 0.29) is 5.56 Å². The van der Waals surface area contributed by atoms with Crippen LogP contribution in [0.5, 0.6) is 5.75 Å². The number of halogens is 1. The minimum atomic E-state index is -0.703. The zero-order valence-electron chi connectivity index (χ0n) is 12.1. The molecule has 23 heavy (non-hydrogen) atoms. The zero-order chi connectivity index (χ0) is 16.4. The molecule has 1 heterocycles. The van der Waals surface area contributed by atoms with Crippen LogP contribution in [0.3, 0.4) is 0 Å². The first-order chi connectivity index (χ1) is 11.1. The molecule has 0 fully saturated rings. The topological polar surface area (TPSA) is 68.5 Å². The molecule has 1 aromatic heterocycles. The molecule has 0 saturated heterocycles. The molecule has 0 saturated carbocycles. The molecule has 1 amide bonds. The van der Waals surface area contributed by atoms with Gasteiger partial charge in [0.25, 0.3) is 5.91 Å². The van der Waals surface area contributed by atoms with Crippen molar-refractivity contribution in [1.29, 1.82) is 0 Å². The number of ether oxygens (including phenoxy) is 1. The minimum Gasteiger partial charge on any atom is -0.497 e. The summed E-state index contributed by atoms with van der Waals surface area (Å²) >= 11 is 5.92. The molecule has 0 aliphatic carbocycles.